The number of fused-ring (bicyclic) bond motifs is 1. The Labute approximate surface area is 118 Å². The van der Waals surface area contributed by atoms with Crippen molar-refractivity contribution >= 4 is 11.5 Å². The van der Waals surface area contributed by atoms with Crippen molar-refractivity contribution in [3.05, 3.63) is 83.6 Å². The highest BCUT2D eigenvalue weighted by atomic mass is 16.5. The van der Waals surface area contributed by atoms with Crippen LogP contribution in [-0.2, 0) is 16.0 Å². The molecule has 1 heterocycles. The summed E-state index contributed by atoms with van der Waals surface area (Å²) in [5, 5.41) is 0. The normalized spacial score (nSPS) is 17.7. The molecule has 1 atom stereocenters. The minimum atomic E-state index is -0.440. The Morgan fingerprint density at radius 3 is 2.50 bits per heavy atom. The van der Waals surface area contributed by atoms with Crippen LogP contribution in [0.2, 0.25) is 0 Å². The molecule has 0 saturated carbocycles. The summed E-state index contributed by atoms with van der Waals surface area (Å²) in [6, 6.07) is 17.5. The number of carbonyl (C=O) groups is 1. The highest BCUT2D eigenvalue weighted by Gasteiger charge is 2.28. The molecule has 0 spiro atoms. The lowest BCUT2D eigenvalue weighted by Crippen LogP contribution is -2.10. The summed E-state index contributed by atoms with van der Waals surface area (Å²) in [6.45, 7) is 3.77. The van der Waals surface area contributed by atoms with Crippen LogP contribution in [0.3, 0.4) is 0 Å². The van der Waals surface area contributed by atoms with E-state index in [1.165, 1.54) is 0 Å². The zero-order chi connectivity index (χ0) is 13.9. The largest absolute Gasteiger partial charge is 0.452 e. The van der Waals surface area contributed by atoms with Gasteiger partial charge in [0.05, 0.1) is 6.42 Å². The van der Waals surface area contributed by atoms with Gasteiger partial charge < -0.3 is 4.74 Å². The zero-order valence-electron chi connectivity index (χ0n) is 11.0. The Hall–Kier alpha value is -2.57. The molecule has 0 fully saturated rings. The number of ether oxygens (including phenoxy) is 1. The van der Waals surface area contributed by atoms with Gasteiger partial charge in [-0.25, -0.2) is 0 Å². The molecule has 0 aliphatic carbocycles. The Bertz CT molecular complexity index is 694. The minimum Gasteiger partial charge on any atom is -0.452 e. The van der Waals surface area contributed by atoms with Gasteiger partial charge in [-0.3, -0.25) is 4.79 Å². The van der Waals surface area contributed by atoms with Crippen molar-refractivity contribution in [3.8, 4) is 0 Å². The van der Waals surface area contributed by atoms with Crippen LogP contribution < -0.4 is 0 Å². The third kappa shape index (κ3) is 2.18. The maximum absolute atomic E-state index is 12.0. The second-order valence-corrected chi connectivity index (χ2v) is 4.70. The molecule has 0 radical (unpaired) electrons. The minimum absolute atomic E-state index is 0.225. The predicted octanol–water partition coefficient (Wildman–Crippen LogP) is 3.70. The van der Waals surface area contributed by atoms with Gasteiger partial charge in [0.1, 0.15) is 0 Å². The first-order valence-electron chi connectivity index (χ1n) is 6.52. The smallest absolute Gasteiger partial charge is 0.311 e. The molecular formula is C18H14O2. The molecule has 98 valence electrons. The number of cyclic esters (lactones) is 1. The van der Waals surface area contributed by atoms with Gasteiger partial charge in [-0.2, -0.15) is 0 Å². The fourth-order valence-electron chi connectivity index (χ4n) is 2.52. The van der Waals surface area contributed by atoms with E-state index in [1.54, 1.807) is 0 Å². The molecule has 3 rings (SSSR count). The fourth-order valence-corrected chi connectivity index (χ4v) is 2.52. The van der Waals surface area contributed by atoms with Crippen LogP contribution in [0, 0.1) is 0 Å². The SMILES string of the molecule is C=C=C1c2ccccc2CC(=O)OC1c1ccccc1. The molecule has 1 aliphatic rings. The topological polar surface area (TPSA) is 26.3 Å². The Kier molecular flexibility index (Phi) is 3.24. The van der Waals surface area contributed by atoms with E-state index >= 15 is 0 Å². The highest BCUT2D eigenvalue weighted by molar-refractivity contribution is 5.83. The van der Waals surface area contributed by atoms with Crippen LogP contribution in [0.1, 0.15) is 22.8 Å². The second-order valence-electron chi connectivity index (χ2n) is 4.70. The lowest BCUT2D eigenvalue weighted by atomic mass is 9.93. The Morgan fingerprint density at radius 1 is 1.05 bits per heavy atom. The first-order chi connectivity index (χ1) is 9.79. The van der Waals surface area contributed by atoms with E-state index in [9.17, 15) is 4.79 Å². The molecule has 2 aromatic carbocycles. The molecule has 0 aromatic heterocycles. The summed E-state index contributed by atoms with van der Waals surface area (Å²) in [5.41, 5.74) is 6.66. The van der Waals surface area contributed by atoms with Crippen molar-refractivity contribution in [2.75, 3.05) is 0 Å². The molecule has 2 heteroatoms. The van der Waals surface area contributed by atoms with Crippen molar-refractivity contribution in [2.24, 2.45) is 0 Å². The summed E-state index contributed by atoms with van der Waals surface area (Å²) in [4.78, 5) is 12.0. The van der Waals surface area contributed by atoms with Crippen LogP contribution in [-0.4, -0.2) is 5.97 Å². The van der Waals surface area contributed by atoms with Gasteiger partial charge >= 0.3 is 5.97 Å². The molecule has 0 saturated heterocycles. The maximum atomic E-state index is 12.0. The van der Waals surface area contributed by atoms with Gasteiger partial charge in [0.2, 0.25) is 0 Å². The molecule has 0 amide bonds. The molecule has 1 aliphatic heterocycles. The van der Waals surface area contributed by atoms with Gasteiger partial charge in [0, 0.05) is 5.57 Å². The van der Waals surface area contributed by atoms with E-state index in [4.69, 9.17) is 4.74 Å². The zero-order valence-corrected chi connectivity index (χ0v) is 11.0. The van der Waals surface area contributed by atoms with Gasteiger partial charge in [0.15, 0.2) is 6.10 Å². The summed E-state index contributed by atoms with van der Waals surface area (Å²) >= 11 is 0. The third-order valence-electron chi connectivity index (χ3n) is 3.45. The second kappa shape index (κ2) is 5.20. The summed E-state index contributed by atoms with van der Waals surface area (Å²) in [6.07, 6.45) is -0.158. The number of benzene rings is 2. The van der Waals surface area contributed by atoms with E-state index in [0.29, 0.717) is 0 Å². The van der Waals surface area contributed by atoms with E-state index < -0.39 is 6.10 Å². The molecule has 2 nitrogen and oxygen atoms in total. The van der Waals surface area contributed by atoms with Crippen LogP contribution in [0.5, 0.6) is 0 Å². The Morgan fingerprint density at radius 2 is 1.75 bits per heavy atom. The standard InChI is InChI=1S/C18H14O2/c1-2-15-16-11-7-6-10-14(16)12-17(19)20-18(15)13-8-4-3-5-9-13/h3-11,18H,1,12H2. The first-order valence-corrected chi connectivity index (χ1v) is 6.52. The van der Waals surface area contributed by atoms with Gasteiger partial charge in [-0.15, -0.1) is 5.73 Å². The quantitative estimate of drug-likeness (QED) is 0.578. The summed E-state index contributed by atoms with van der Waals surface area (Å²) < 4.78 is 5.60. The van der Waals surface area contributed by atoms with Crippen molar-refractivity contribution in [1.82, 2.24) is 0 Å². The van der Waals surface area contributed by atoms with E-state index in [0.717, 1.165) is 22.3 Å². The average Bonchev–Trinajstić information content (AvgIpc) is 2.63. The number of hydrogen-bond acceptors (Lipinski definition) is 2. The predicted molar refractivity (Wildman–Crippen MR) is 78.0 cm³/mol. The molecule has 20 heavy (non-hydrogen) atoms. The lowest BCUT2D eigenvalue weighted by Gasteiger charge is -2.17. The van der Waals surface area contributed by atoms with Crippen LogP contribution in [0.15, 0.2) is 66.9 Å². The maximum Gasteiger partial charge on any atom is 0.311 e. The fraction of sp³-hybridized carbons (Fsp3) is 0.111. The number of esters is 1. The number of rotatable bonds is 1. The van der Waals surface area contributed by atoms with Crippen LogP contribution in [0.4, 0.5) is 0 Å². The van der Waals surface area contributed by atoms with Crippen molar-refractivity contribution in [1.29, 1.82) is 0 Å². The summed E-state index contributed by atoms with van der Waals surface area (Å²) in [5.74, 6) is -0.225. The molecule has 2 aromatic rings. The van der Waals surface area contributed by atoms with Crippen LogP contribution in [0.25, 0.3) is 5.57 Å². The molecule has 1 unspecified atom stereocenters. The van der Waals surface area contributed by atoms with Crippen molar-refractivity contribution in [3.63, 3.8) is 0 Å². The van der Waals surface area contributed by atoms with E-state index in [2.05, 4.69) is 12.3 Å². The molecule has 0 N–H and O–H groups in total. The van der Waals surface area contributed by atoms with E-state index in [-0.39, 0.29) is 12.4 Å². The lowest BCUT2D eigenvalue weighted by molar-refractivity contribution is -0.145. The average molecular weight is 262 g/mol. The van der Waals surface area contributed by atoms with Gasteiger partial charge in [-0.05, 0) is 16.7 Å². The number of hydrogen-bond donors (Lipinski definition) is 0. The van der Waals surface area contributed by atoms with Crippen LogP contribution >= 0.6 is 0 Å². The highest BCUT2D eigenvalue weighted by Crippen LogP contribution is 2.36. The molecule has 0 bridgehead atoms. The van der Waals surface area contributed by atoms with Gasteiger partial charge in [0.25, 0.3) is 0 Å². The third-order valence-corrected chi connectivity index (χ3v) is 3.45. The van der Waals surface area contributed by atoms with Gasteiger partial charge in [-0.1, -0.05) is 61.2 Å². The Balaban J connectivity index is 2.17. The monoisotopic (exact) mass is 262 g/mol. The summed E-state index contributed by atoms with van der Waals surface area (Å²) in [7, 11) is 0. The molecular weight excluding hydrogens is 248 g/mol. The first kappa shape index (κ1) is 12.5. The van der Waals surface area contributed by atoms with E-state index in [1.807, 2.05) is 54.6 Å². The van der Waals surface area contributed by atoms with Crippen molar-refractivity contribution in [2.45, 2.75) is 12.5 Å². The number of carbonyl (C=O) groups excluding carboxylic acids is 1. The van der Waals surface area contributed by atoms with Crippen molar-refractivity contribution < 1.29 is 9.53 Å².